The Morgan fingerprint density at radius 2 is 2.22 bits per heavy atom. The molecule has 0 aliphatic carbocycles. The number of halogens is 1. The van der Waals surface area contributed by atoms with Crippen molar-refractivity contribution < 1.29 is 14.3 Å². The lowest BCUT2D eigenvalue weighted by atomic mass is 10.1. The van der Waals surface area contributed by atoms with Gasteiger partial charge in [-0.3, -0.25) is 0 Å². The van der Waals surface area contributed by atoms with Crippen molar-refractivity contribution >= 4 is 27.6 Å². The van der Waals surface area contributed by atoms with Gasteiger partial charge in [-0.25, -0.2) is 4.79 Å². The predicted molar refractivity (Wildman–Crippen MR) is 72.0 cm³/mol. The molecule has 18 heavy (non-hydrogen) atoms. The number of carboxylic acid groups (broad SMARTS) is 1. The number of hydrogen-bond acceptors (Lipinski definition) is 3. The monoisotopic (exact) mass is 309 g/mol. The average molecular weight is 310 g/mol. The summed E-state index contributed by atoms with van der Waals surface area (Å²) in [5.74, 6) is -0.0719. The fourth-order valence-electron chi connectivity index (χ4n) is 1.62. The highest BCUT2D eigenvalue weighted by atomic mass is 79.9. The van der Waals surface area contributed by atoms with Gasteiger partial charge < -0.3 is 14.8 Å². The van der Waals surface area contributed by atoms with Gasteiger partial charge in [-0.15, -0.1) is 0 Å². The summed E-state index contributed by atoms with van der Waals surface area (Å²) in [7, 11) is 0. The zero-order valence-corrected chi connectivity index (χ0v) is 11.1. The average Bonchev–Trinajstić information content (AvgIpc) is 2.82. The van der Waals surface area contributed by atoms with E-state index < -0.39 is 5.97 Å². The minimum Gasteiger partial charge on any atom is -0.478 e. The van der Waals surface area contributed by atoms with Gasteiger partial charge in [0, 0.05) is 23.1 Å². The topological polar surface area (TPSA) is 62.5 Å². The summed E-state index contributed by atoms with van der Waals surface area (Å²) in [5, 5.41) is 12.2. The van der Waals surface area contributed by atoms with Gasteiger partial charge in [-0.05, 0) is 30.3 Å². The Balaban J connectivity index is 2.03. The van der Waals surface area contributed by atoms with E-state index in [0.29, 0.717) is 18.7 Å². The quantitative estimate of drug-likeness (QED) is 0.888. The predicted octanol–water partition coefficient (Wildman–Crippen LogP) is 3.39. The highest BCUT2D eigenvalue weighted by Gasteiger charge is 2.09. The molecule has 2 aromatic rings. The first-order chi connectivity index (χ1) is 8.66. The van der Waals surface area contributed by atoms with Crippen molar-refractivity contribution in [3.63, 3.8) is 0 Å². The Labute approximate surface area is 113 Å². The van der Waals surface area contributed by atoms with Gasteiger partial charge in [-0.2, -0.15) is 0 Å². The van der Waals surface area contributed by atoms with E-state index >= 15 is 0 Å². The number of aromatic carboxylic acids is 1. The zero-order valence-electron chi connectivity index (χ0n) is 9.52. The molecule has 0 bridgehead atoms. The fraction of sp³-hybridized carbons (Fsp3) is 0.154. The van der Waals surface area contributed by atoms with E-state index in [1.165, 1.54) is 0 Å². The smallest absolute Gasteiger partial charge is 0.337 e. The first-order valence-electron chi connectivity index (χ1n) is 5.46. The van der Waals surface area contributed by atoms with E-state index in [2.05, 4.69) is 21.2 Å². The number of furan rings is 1. The lowest BCUT2D eigenvalue weighted by Crippen LogP contribution is -2.09. The summed E-state index contributed by atoms with van der Waals surface area (Å²) in [6.07, 6.45) is 2.33. The standard InChI is InChI=1S/C13H12BrNO3/c14-9-3-4-11(13(16)17)12(8-9)15-6-5-10-2-1-7-18-10/h1-4,7-8,15H,5-6H2,(H,16,17). The summed E-state index contributed by atoms with van der Waals surface area (Å²) in [6, 6.07) is 8.76. The maximum absolute atomic E-state index is 11.1. The molecule has 0 saturated heterocycles. The molecule has 2 rings (SSSR count). The van der Waals surface area contributed by atoms with Crippen molar-refractivity contribution in [2.24, 2.45) is 0 Å². The van der Waals surface area contributed by atoms with Gasteiger partial charge in [0.05, 0.1) is 11.8 Å². The van der Waals surface area contributed by atoms with Crippen LogP contribution in [-0.4, -0.2) is 17.6 Å². The van der Waals surface area contributed by atoms with Crippen molar-refractivity contribution in [3.8, 4) is 0 Å². The zero-order chi connectivity index (χ0) is 13.0. The number of carbonyl (C=O) groups is 1. The number of benzene rings is 1. The van der Waals surface area contributed by atoms with E-state index in [4.69, 9.17) is 9.52 Å². The number of carboxylic acids is 1. The van der Waals surface area contributed by atoms with Crippen LogP contribution in [0.2, 0.25) is 0 Å². The van der Waals surface area contributed by atoms with Crippen LogP contribution in [0.25, 0.3) is 0 Å². The van der Waals surface area contributed by atoms with Gasteiger partial charge in [0.15, 0.2) is 0 Å². The number of hydrogen-bond donors (Lipinski definition) is 2. The van der Waals surface area contributed by atoms with Crippen molar-refractivity contribution in [3.05, 3.63) is 52.4 Å². The van der Waals surface area contributed by atoms with Gasteiger partial charge >= 0.3 is 5.97 Å². The minimum absolute atomic E-state index is 0.262. The molecule has 2 N–H and O–H groups in total. The van der Waals surface area contributed by atoms with Crippen molar-refractivity contribution in [1.29, 1.82) is 0 Å². The van der Waals surface area contributed by atoms with Crippen LogP contribution in [0.5, 0.6) is 0 Å². The number of rotatable bonds is 5. The Morgan fingerprint density at radius 3 is 2.89 bits per heavy atom. The molecule has 0 spiro atoms. The van der Waals surface area contributed by atoms with E-state index in [1.54, 1.807) is 24.5 Å². The van der Waals surface area contributed by atoms with Crippen molar-refractivity contribution in [2.75, 3.05) is 11.9 Å². The van der Waals surface area contributed by atoms with E-state index in [1.807, 2.05) is 12.1 Å². The van der Waals surface area contributed by atoms with Crippen LogP contribution in [0, 0.1) is 0 Å². The molecule has 0 aliphatic heterocycles. The summed E-state index contributed by atoms with van der Waals surface area (Å²) >= 11 is 3.32. The molecule has 94 valence electrons. The van der Waals surface area contributed by atoms with Crippen LogP contribution in [0.4, 0.5) is 5.69 Å². The molecule has 1 aromatic carbocycles. The summed E-state index contributed by atoms with van der Waals surface area (Å²) in [4.78, 5) is 11.1. The lowest BCUT2D eigenvalue weighted by Gasteiger charge is -2.09. The van der Waals surface area contributed by atoms with Crippen LogP contribution in [0.1, 0.15) is 16.1 Å². The largest absolute Gasteiger partial charge is 0.478 e. The Bertz CT molecular complexity index is 537. The SMILES string of the molecule is O=C(O)c1ccc(Br)cc1NCCc1ccco1. The normalized spacial score (nSPS) is 10.3. The molecule has 0 saturated carbocycles. The Kier molecular flexibility index (Phi) is 4.04. The molecule has 0 fully saturated rings. The first kappa shape index (κ1) is 12.7. The fourth-order valence-corrected chi connectivity index (χ4v) is 1.99. The maximum Gasteiger partial charge on any atom is 0.337 e. The summed E-state index contributed by atoms with van der Waals surface area (Å²) in [6.45, 7) is 0.615. The van der Waals surface area contributed by atoms with Crippen molar-refractivity contribution in [2.45, 2.75) is 6.42 Å². The van der Waals surface area contributed by atoms with Crippen LogP contribution in [0.3, 0.4) is 0 Å². The third-order valence-electron chi connectivity index (χ3n) is 2.48. The molecule has 1 heterocycles. The molecule has 0 radical (unpaired) electrons. The van der Waals surface area contributed by atoms with Gasteiger partial charge in [0.25, 0.3) is 0 Å². The number of nitrogens with one attached hydrogen (secondary N) is 1. The van der Waals surface area contributed by atoms with Crippen LogP contribution >= 0.6 is 15.9 Å². The van der Waals surface area contributed by atoms with Crippen LogP contribution in [0.15, 0.2) is 45.5 Å². The third kappa shape index (κ3) is 3.13. The van der Waals surface area contributed by atoms with Crippen LogP contribution < -0.4 is 5.32 Å². The Hall–Kier alpha value is -1.75. The molecule has 0 amide bonds. The van der Waals surface area contributed by atoms with E-state index in [9.17, 15) is 4.79 Å². The second-order valence-electron chi connectivity index (χ2n) is 3.75. The van der Waals surface area contributed by atoms with Gasteiger partial charge in [-0.1, -0.05) is 15.9 Å². The minimum atomic E-state index is -0.942. The van der Waals surface area contributed by atoms with E-state index in [0.717, 1.165) is 10.2 Å². The first-order valence-corrected chi connectivity index (χ1v) is 6.25. The molecule has 0 aliphatic rings. The summed E-state index contributed by atoms with van der Waals surface area (Å²) < 4.78 is 6.05. The van der Waals surface area contributed by atoms with Crippen LogP contribution in [-0.2, 0) is 6.42 Å². The number of anilines is 1. The Morgan fingerprint density at radius 1 is 1.39 bits per heavy atom. The van der Waals surface area contributed by atoms with Gasteiger partial charge in [0.1, 0.15) is 5.76 Å². The molecular formula is C13H12BrNO3. The van der Waals surface area contributed by atoms with E-state index in [-0.39, 0.29) is 5.56 Å². The molecular weight excluding hydrogens is 298 g/mol. The van der Waals surface area contributed by atoms with Gasteiger partial charge in [0.2, 0.25) is 0 Å². The second-order valence-corrected chi connectivity index (χ2v) is 4.67. The molecule has 4 nitrogen and oxygen atoms in total. The summed E-state index contributed by atoms with van der Waals surface area (Å²) in [5.41, 5.74) is 0.862. The molecule has 5 heteroatoms. The highest BCUT2D eigenvalue weighted by Crippen LogP contribution is 2.21. The lowest BCUT2D eigenvalue weighted by molar-refractivity contribution is 0.0698. The molecule has 1 aromatic heterocycles. The third-order valence-corrected chi connectivity index (χ3v) is 2.97. The van der Waals surface area contributed by atoms with Crippen molar-refractivity contribution in [1.82, 2.24) is 0 Å². The maximum atomic E-state index is 11.1. The highest BCUT2D eigenvalue weighted by molar-refractivity contribution is 9.10. The molecule has 0 unspecified atom stereocenters. The second kappa shape index (κ2) is 5.73. The molecule has 0 atom stereocenters.